The molecule has 1 saturated heterocycles. The van der Waals surface area contributed by atoms with E-state index in [0.29, 0.717) is 0 Å². The van der Waals surface area contributed by atoms with E-state index in [9.17, 15) is 4.79 Å². The summed E-state index contributed by atoms with van der Waals surface area (Å²) in [5.41, 5.74) is 2.72. The van der Waals surface area contributed by atoms with E-state index in [4.69, 9.17) is 4.74 Å². The van der Waals surface area contributed by atoms with Crippen molar-refractivity contribution in [2.75, 3.05) is 18.0 Å². The number of ether oxygens (including phenoxy) is 1. The van der Waals surface area contributed by atoms with Crippen molar-refractivity contribution in [1.29, 1.82) is 0 Å². The number of alkyl carbamates (subject to hydrolysis) is 1. The fraction of sp³-hybridized carbons (Fsp3) is 0.478. The van der Waals surface area contributed by atoms with Gasteiger partial charge in [0, 0.05) is 18.5 Å². The van der Waals surface area contributed by atoms with E-state index in [1.54, 1.807) is 12.5 Å². The van der Waals surface area contributed by atoms with Gasteiger partial charge in [-0.3, -0.25) is 5.10 Å². The summed E-state index contributed by atoms with van der Waals surface area (Å²) < 4.78 is 5.59. The molecule has 2 aliphatic rings. The molecule has 0 bridgehead atoms. The van der Waals surface area contributed by atoms with Crippen molar-refractivity contribution in [3.8, 4) is 0 Å². The Hall–Kier alpha value is -3.16. The van der Waals surface area contributed by atoms with E-state index in [1.165, 1.54) is 11.1 Å². The van der Waals surface area contributed by atoms with Gasteiger partial charge >= 0.3 is 6.09 Å². The summed E-state index contributed by atoms with van der Waals surface area (Å²) in [7, 11) is 0. The molecule has 8 heteroatoms. The maximum atomic E-state index is 12.7. The Morgan fingerprint density at radius 1 is 1.23 bits per heavy atom. The van der Waals surface area contributed by atoms with Crippen molar-refractivity contribution >= 4 is 22.9 Å². The first-order valence-electron chi connectivity index (χ1n) is 10.8. The van der Waals surface area contributed by atoms with Gasteiger partial charge in [0.2, 0.25) is 0 Å². The van der Waals surface area contributed by atoms with Crippen molar-refractivity contribution < 1.29 is 9.53 Å². The van der Waals surface area contributed by atoms with Crippen LogP contribution in [0.15, 0.2) is 36.8 Å². The Morgan fingerprint density at radius 3 is 2.77 bits per heavy atom. The van der Waals surface area contributed by atoms with Crippen LogP contribution in [0.3, 0.4) is 0 Å². The van der Waals surface area contributed by atoms with Crippen molar-refractivity contribution in [3.63, 3.8) is 0 Å². The second-order valence-electron chi connectivity index (χ2n) is 9.63. The molecule has 1 amide bonds. The third-order valence-corrected chi connectivity index (χ3v) is 6.47. The molecule has 1 spiro atoms. The van der Waals surface area contributed by atoms with Gasteiger partial charge in [0.15, 0.2) is 5.65 Å². The molecule has 2 aromatic heterocycles. The normalized spacial score (nSPS) is 20.1. The molecule has 1 atom stereocenters. The maximum absolute atomic E-state index is 12.7. The Balaban J connectivity index is 1.39. The zero-order valence-electron chi connectivity index (χ0n) is 18.2. The zero-order valence-corrected chi connectivity index (χ0v) is 18.2. The number of aromatic nitrogens is 4. The SMILES string of the molecule is CC(C)(C)OC(=O)N[C@@H]1c2ccccc2CC12CCN(c1ncnc3[nH]ncc13)CC2. The number of fused-ring (bicyclic) bond motifs is 2. The number of carbonyl (C=O) groups is 1. The van der Waals surface area contributed by atoms with E-state index < -0.39 is 5.60 Å². The molecule has 0 unspecified atom stereocenters. The molecule has 1 aromatic carbocycles. The molecule has 1 aliphatic heterocycles. The van der Waals surface area contributed by atoms with Crippen molar-refractivity contribution in [2.24, 2.45) is 5.41 Å². The van der Waals surface area contributed by atoms with Crippen molar-refractivity contribution in [1.82, 2.24) is 25.5 Å². The standard InChI is InChI=1S/C23H28N6O2/c1-22(2,3)31-21(30)27-18-16-7-5-4-6-15(16)12-23(18)8-10-29(11-9-23)20-17-13-26-28-19(17)24-14-25-20/h4-7,13-14,18H,8-12H2,1-3H3,(H,27,30)(H,24,25,26,28)/t18-/m1/s1. The molecule has 31 heavy (non-hydrogen) atoms. The van der Waals surface area contributed by atoms with Crippen LogP contribution >= 0.6 is 0 Å². The molecule has 5 rings (SSSR count). The lowest BCUT2D eigenvalue weighted by atomic mass is 9.72. The molecule has 3 heterocycles. The van der Waals surface area contributed by atoms with Gasteiger partial charge in [-0.2, -0.15) is 5.10 Å². The summed E-state index contributed by atoms with van der Waals surface area (Å²) >= 11 is 0. The number of H-pyrrole nitrogens is 1. The smallest absolute Gasteiger partial charge is 0.408 e. The number of aromatic amines is 1. The monoisotopic (exact) mass is 420 g/mol. The number of hydrogen-bond donors (Lipinski definition) is 2. The van der Waals surface area contributed by atoms with Gasteiger partial charge < -0.3 is 15.0 Å². The molecular weight excluding hydrogens is 392 g/mol. The van der Waals surface area contributed by atoms with Crippen LogP contribution in [-0.4, -0.2) is 44.9 Å². The highest BCUT2D eigenvalue weighted by molar-refractivity contribution is 5.86. The number of nitrogens with zero attached hydrogens (tertiary/aromatic N) is 4. The lowest BCUT2D eigenvalue weighted by Gasteiger charge is -2.44. The molecule has 0 radical (unpaired) electrons. The summed E-state index contributed by atoms with van der Waals surface area (Å²) in [6.45, 7) is 7.39. The van der Waals surface area contributed by atoms with Crippen LogP contribution in [0.4, 0.5) is 10.6 Å². The summed E-state index contributed by atoms with van der Waals surface area (Å²) in [5, 5.41) is 11.2. The van der Waals surface area contributed by atoms with Gasteiger partial charge in [0.05, 0.1) is 17.6 Å². The first kappa shape index (κ1) is 19.8. The average Bonchev–Trinajstić information content (AvgIpc) is 3.31. The molecule has 2 N–H and O–H groups in total. The Bertz CT molecular complexity index is 1110. The highest BCUT2D eigenvalue weighted by atomic mass is 16.6. The number of anilines is 1. The lowest BCUT2D eigenvalue weighted by molar-refractivity contribution is 0.0428. The number of carbonyl (C=O) groups excluding carboxylic acids is 1. The second-order valence-corrected chi connectivity index (χ2v) is 9.63. The van der Waals surface area contributed by atoms with E-state index in [0.717, 1.165) is 49.2 Å². The molecule has 8 nitrogen and oxygen atoms in total. The number of hydrogen-bond acceptors (Lipinski definition) is 6. The highest BCUT2D eigenvalue weighted by Gasteiger charge is 2.48. The molecule has 3 aromatic rings. The van der Waals surface area contributed by atoms with Crippen LogP contribution in [0, 0.1) is 5.41 Å². The van der Waals surface area contributed by atoms with Crippen LogP contribution < -0.4 is 10.2 Å². The van der Waals surface area contributed by atoms with Gasteiger partial charge in [-0.25, -0.2) is 14.8 Å². The van der Waals surface area contributed by atoms with Gasteiger partial charge in [0.1, 0.15) is 17.7 Å². The number of rotatable bonds is 2. The summed E-state index contributed by atoms with van der Waals surface area (Å²) in [6.07, 6.45) is 5.87. The predicted octanol–water partition coefficient (Wildman–Crippen LogP) is 3.76. The molecule has 162 valence electrons. The third kappa shape index (κ3) is 3.60. The predicted molar refractivity (Wildman–Crippen MR) is 118 cm³/mol. The Kier molecular flexibility index (Phi) is 4.60. The van der Waals surface area contributed by atoms with Gasteiger partial charge in [0.25, 0.3) is 0 Å². The van der Waals surface area contributed by atoms with Crippen molar-refractivity contribution in [3.05, 3.63) is 47.9 Å². The minimum absolute atomic E-state index is 0.0281. The lowest BCUT2D eigenvalue weighted by Crippen LogP contribution is -2.48. The first-order chi connectivity index (χ1) is 14.8. The third-order valence-electron chi connectivity index (χ3n) is 6.47. The van der Waals surface area contributed by atoms with E-state index in [2.05, 4.69) is 48.6 Å². The average molecular weight is 421 g/mol. The Morgan fingerprint density at radius 2 is 2.00 bits per heavy atom. The molecule has 1 aliphatic carbocycles. The van der Waals surface area contributed by atoms with Crippen molar-refractivity contribution in [2.45, 2.75) is 51.7 Å². The summed E-state index contributed by atoms with van der Waals surface area (Å²) in [5.74, 6) is 0.917. The number of amides is 1. The van der Waals surface area contributed by atoms with Gasteiger partial charge in [-0.1, -0.05) is 24.3 Å². The van der Waals surface area contributed by atoms with E-state index in [-0.39, 0.29) is 17.6 Å². The Labute approximate surface area is 181 Å². The minimum atomic E-state index is -0.526. The topological polar surface area (TPSA) is 96.0 Å². The maximum Gasteiger partial charge on any atom is 0.408 e. The van der Waals surface area contributed by atoms with Crippen LogP contribution in [-0.2, 0) is 11.2 Å². The van der Waals surface area contributed by atoms with Gasteiger partial charge in [-0.15, -0.1) is 0 Å². The van der Waals surface area contributed by atoms with E-state index in [1.807, 2.05) is 26.8 Å². The number of nitrogens with one attached hydrogen (secondary N) is 2. The number of benzene rings is 1. The van der Waals surface area contributed by atoms with Crippen LogP contribution in [0.2, 0.25) is 0 Å². The largest absolute Gasteiger partial charge is 0.444 e. The molecule has 1 fully saturated rings. The quantitative estimate of drug-likeness (QED) is 0.655. The van der Waals surface area contributed by atoms with Gasteiger partial charge in [-0.05, 0) is 51.2 Å². The summed E-state index contributed by atoms with van der Waals surface area (Å²) in [4.78, 5) is 23.8. The minimum Gasteiger partial charge on any atom is -0.444 e. The second kappa shape index (κ2) is 7.21. The number of piperidine rings is 1. The first-order valence-corrected chi connectivity index (χ1v) is 10.8. The summed E-state index contributed by atoms with van der Waals surface area (Å²) in [6, 6.07) is 8.39. The molecular formula is C23H28N6O2. The highest BCUT2D eigenvalue weighted by Crippen LogP contribution is 2.52. The fourth-order valence-corrected chi connectivity index (χ4v) is 5.08. The zero-order chi connectivity index (χ0) is 21.6. The van der Waals surface area contributed by atoms with Crippen LogP contribution in [0.5, 0.6) is 0 Å². The molecule has 0 saturated carbocycles. The van der Waals surface area contributed by atoms with Crippen LogP contribution in [0.1, 0.15) is 50.8 Å². The van der Waals surface area contributed by atoms with Crippen LogP contribution in [0.25, 0.3) is 11.0 Å². The van der Waals surface area contributed by atoms with E-state index >= 15 is 0 Å². The fourth-order valence-electron chi connectivity index (χ4n) is 5.08.